The summed E-state index contributed by atoms with van der Waals surface area (Å²) < 4.78 is 0. The van der Waals surface area contributed by atoms with Gasteiger partial charge in [-0.1, -0.05) is 0 Å². The van der Waals surface area contributed by atoms with E-state index in [-0.39, 0.29) is 17.9 Å². The van der Waals surface area contributed by atoms with Gasteiger partial charge in [0, 0.05) is 13.2 Å². The Hall–Kier alpha value is -1.91. The minimum atomic E-state index is -0.438. The van der Waals surface area contributed by atoms with Gasteiger partial charge in [0.2, 0.25) is 5.91 Å². The van der Waals surface area contributed by atoms with E-state index >= 15 is 0 Å². The third-order valence-electron chi connectivity index (χ3n) is 2.26. The normalized spacial score (nSPS) is 15.6. The molecule has 1 aromatic heterocycles. The number of hydrogen-bond donors (Lipinski definition) is 1. The maximum Gasteiger partial charge on any atom is 0.260 e. The third kappa shape index (κ3) is 1.06. The van der Waals surface area contributed by atoms with E-state index in [1.165, 1.54) is 11.1 Å². The van der Waals surface area contributed by atoms with Gasteiger partial charge >= 0.3 is 0 Å². The number of nitrogens with one attached hydrogen (secondary N) is 1. The maximum atomic E-state index is 11.4. The SMILES string of the molecule is CN1C(=O)CC(=O)c2c1cc[nH]c2=O. The fraction of sp³-hybridized carbons (Fsp3) is 0.222. The number of fused-ring (bicyclic) bond motifs is 1. The first kappa shape index (κ1) is 8.68. The van der Waals surface area contributed by atoms with Gasteiger partial charge in [-0.05, 0) is 6.07 Å². The number of nitrogens with zero attached hydrogens (tertiary/aromatic N) is 1. The van der Waals surface area contributed by atoms with Crippen molar-refractivity contribution >= 4 is 17.4 Å². The molecule has 1 aliphatic heterocycles. The summed E-state index contributed by atoms with van der Waals surface area (Å²) >= 11 is 0. The number of ketones is 1. The fourth-order valence-electron chi connectivity index (χ4n) is 1.50. The van der Waals surface area contributed by atoms with Crippen LogP contribution in [-0.4, -0.2) is 23.7 Å². The van der Waals surface area contributed by atoms with Crippen molar-refractivity contribution < 1.29 is 9.59 Å². The summed E-state index contributed by atoms with van der Waals surface area (Å²) in [7, 11) is 1.55. The lowest BCUT2D eigenvalue weighted by Crippen LogP contribution is -2.37. The molecular weight excluding hydrogens is 184 g/mol. The van der Waals surface area contributed by atoms with Crippen LogP contribution in [0.4, 0.5) is 5.69 Å². The summed E-state index contributed by atoms with van der Waals surface area (Å²) in [6.45, 7) is 0. The monoisotopic (exact) mass is 192 g/mol. The number of aromatic nitrogens is 1. The first-order chi connectivity index (χ1) is 6.61. The Bertz CT molecular complexity index is 475. The number of aromatic amines is 1. The molecule has 0 atom stereocenters. The molecule has 0 spiro atoms. The van der Waals surface area contributed by atoms with Crippen LogP contribution in [0.5, 0.6) is 0 Å². The predicted molar refractivity (Wildman–Crippen MR) is 49.4 cm³/mol. The Balaban J connectivity index is 2.73. The van der Waals surface area contributed by atoms with E-state index in [4.69, 9.17) is 0 Å². The van der Waals surface area contributed by atoms with Gasteiger partial charge < -0.3 is 9.88 Å². The number of hydrogen-bond acceptors (Lipinski definition) is 3. The lowest BCUT2D eigenvalue weighted by Gasteiger charge is -2.23. The largest absolute Gasteiger partial charge is 0.328 e. The van der Waals surface area contributed by atoms with Crippen molar-refractivity contribution in [1.29, 1.82) is 0 Å². The summed E-state index contributed by atoms with van der Waals surface area (Å²) in [6.07, 6.45) is 1.19. The van der Waals surface area contributed by atoms with Crippen LogP contribution in [0.15, 0.2) is 17.1 Å². The molecule has 1 aromatic rings. The highest BCUT2D eigenvalue weighted by atomic mass is 16.2. The summed E-state index contributed by atoms with van der Waals surface area (Å²) in [5.74, 6) is -0.696. The van der Waals surface area contributed by atoms with Gasteiger partial charge in [-0.2, -0.15) is 0 Å². The van der Waals surface area contributed by atoms with Crippen molar-refractivity contribution in [3.8, 4) is 0 Å². The van der Waals surface area contributed by atoms with Crippen molar-refractivity contribution in [2.45, 2.75) is 6.42 Å². The summed E-state index contributed by atoms with van der Waals surface area (Å²) in [6, 6.07) is 1.55. The topological polar surface area (TPSA) is 70.2 Å². The first-order valence-corrected chi connectivity index (χ1v) is 4.12. The molecule has 0 fully saturated rings. The molecule has 0 unspecified atom stereocenters. The molecule has 1 aliphatic rings. The van der Waals surface area contributed by atoms with Crippen LogP contribution >= 0.6 is 0 Å². The molecule has 0 aliphatic carbocycles. The highest BCUT2D eigenvalue weighted by Crippen LogP contribution is 2.22. The number of Topliss-reactive ketones (excluding diaryl/α,β-unsaturated/α-hetero) is 1. The summed E-state index contributed by atoms with van der Waals surface area (Å²) in [4.78, 5) is 37.7. The van der Waals surface area contributed by atoms with Gasteiger partial charge in [0.05, 0.1) is 12.1 Å². The minimum Gasteiger partial charge on any atom is -0.328 e. The lowest BCUT2D eigenvalue weighted by atomic mass is 10.0. The standard InChI is InChI=1S/C9H8N2O3/c1-11-5-2-3-10-9(14)8(5)6(12)4-7(11)13/h2-3H,4H2,1H3,(H,10,14). The average molecular weight is 192 g/mol. The Morgan fingerprint density at radius 3 is 2.79 bits per heavy atom. The summed E-state index contributed by atoms with van der Waals surface area (Å²) in [5, 5.41) is 0. The van der Waals surface area contributed by atoms with Crippen molar-refractivity contribution in [3.05, 3.63) is 28.2 Å². The number of carbonyl (C=O) groups excluding carboxylic acids is 2. The average Bonchev–Trinajstić information content (AvgIpc) is 2.14. The summed E-state index contributed by atoms with van der Waals surface area (Å²) in [5.41, 5.74) is 0.0245. The van der Waals surface area contributed by atoms with Crippen molar-refractivity contribution in [1.82, 2.24) is 4.98 Å². The van der Waals surface area contributed by atoms with Gasteiger partial charge in [0.25, 0.3) is 5.56 Å². The van der Waals surface area contributed by atoms with Crippen LogP contribution in [0, 0.1) is 0 Å². The van der Waals surface area contributed by atoms with Crippen LogP contribution in [0.3, 0.4) is 0 Å². The van der Waals surface area contributed by atoms with E-state index in [0.29, 0.717) is 5.69 Å². The van der Waals surface area contributed by atoms with Crippen molar-refractivity contribution in [2.24, 2.45) is 0 Å². The molecule has 1 N–H and O–H groups in total. The van der Waals surface area contributed by atoms with Crippen LogP contribution < -0.4 is 10.5 Å². The molecule has 2 rings (SSSR count). The second-order valence-corrected chi connectivity index (χ2v) is 3.12. The molecule has 0 radical (unpaired) electrons. The third-order valence-corrected chi connectivity index (χ3v) is 2.26. The van der Waals surface area contributed by atoms with E-state index in [2.05, 4.69) is 4.98 Å². The molecule has 2 heterocycles. The number of anilines is 1. The second-order valence-electron chi connectivity index (χ2n) is 3.12. The lowest BCUT2D eigenvalue weighted by molar-refractivity contribution is -0.117. The minimum absolute atomic E-state index is 0.0783. The zero-order chi connectivity index (χ0) is 10.3. The highest BCUT2D eigenvalue weighted by Gasteiger charge is 2.29. The van der Waals surface area contributed by atoms with Crippen molar-refractivity contribution in [3.63, 3.8) is 0 Å². The van der Waals surface area contributed by atoms with Gasteiger partial charge in [-0.3, -0.25) is 14.4 Å². The molecule has 0 bridgehead atoms. The van der Waals surface area contributed by atoms with Crippen molar-refractivity contribution in [2.75, 3.05) is 11.9 Å². The molecule has 0 saturated carbocycles. The van der Waals surface area contributed by atoms with Crippen LogP contribution in [0.2, 0.25) is 0 Å². The molecule has 0 aromatic carbocycles. The highest BCUT2D eigenvalue weighted by molar-refractivity contribution is 6.19. The van der Waals surface area contributed by atoms with Gasteiger partial charge in [0.15, 0.2) is 5.78 Å². The maximum absolute atomic E-state index is 11.4. The smallest absolute Gasteiger partial charge is 0.260 e. The van der Waals surface area contributed by atoms with Crippen LogP contribution in [-0.2, 0) is 4.79 Å². The Labute approximate surface area is 79.3 Å². The van der Waals surface area contributed by atoms with Gasteiger partial charge in [-0.25, -0.2) is 0 Å². The Morgan fingerprint density at radius 1 is 1.36 bits per heavy atom. The zero-order valence-corrected chi connectivity index (χ0v) is 7.53. The van der Waals surface area contributed by atoms with Gasteiger partial charge in [0.1, 0.15) is 5.56 Å². The Morgan fingerprint density at radius 2 is 2.07 bits per heavy atom. The van der Waals surface area contributed by atoms with E-state index < -0.39 is 11.3 Å². The molecule has 5 heteroatoms. The van der Waals surface area contributed by atoms with E-state index in [9.17, 15) is 14.4 Å². The number of H-pyrrole nitrogens is 1. The van der Waals surface area contributed by atoms with E-state index in [1.54, 1.807) is 13.1 Å². The number of rotatable bonds is 0. The molecule has 5 nitrogen and oxygen atoms in total. The molecule has 1 amide bonds. The van der Waals surface area contributed by atoms with E-state index in [0.717, 1.165) is 0 Å². The number of pyridine rings is 1. The first-order valence-electron chi connectivity index (χ1n) is 4.12. The van der Waals surface area contributed by atoms with Crippen LogP contribution in [0.1, 0.15) is 16.8 Å². The fourth-order valence-corrected chi connectivity index (χ4v) is 1.50. The van der Waals surface area contributed by atoms with Gasteiger partial charge in [-0.15, -0.1) is 0 Å². The molecule has 72 valence electrons. The second kappa shape index (κ2) is 2.80. The number of amides is 1. The molecular formula is C9H8N2O3. The zero-order valence-electron chi connectivity index (χ0n) is 7.53. The van der Waals surface area contributed by atoms with Crippen LogP contribution in [0.25, 0.3) is 0 Å². The predicted octanol–water partition coefficient (Wildman–Crippen LogP) is -0.0759. The van der Waals surface area contributed by atoms with E-state index in [1.807, 2.05) is 0 Å². The number of carbonyl (C=O) groups is 2. The quantitative estimate of drug-likeness (QED) is 0.584. The molecule has 14 heavy (non-hydrogen) atoms. The molecule has 0 saturated heterocycles. The Kier molecular flexibility index (Phi) is 1.73.